The Hall–Kier alpha value is -7.55. The van der Waals surface area contributed by atoms with Crippen molar-refractivity contribution >= 4 is 11.0 Å². The molecule has 0 atom stereocenters. The van der Waals surface area contributed by atoms with E-state index in [0.29, 0.717) is 0 Å². The van der Waals surface area contributed by atoms with Crippen LogP contribution in [0.5, 0.6) is 0 Å². The van der Waals surface area contributed by atoms with Crippen LogP contribution < -0.4 is 0 Å². The Morgan fingerprint density at radius 2 is 0.803 bits per heavy atom. The Morgan fingerprint density at radius 1 is 0.344 bits per heavy atom. The molecule has 1 aromatic heterocycles. The quantitative estimate of drug-likeness (QED) is 0.133. The van der Waals surface area contributed by atoms with Gasteiger partial charge in [0.25, 0.3) is 0 Å². The van der Waals surface area contributed by atoms with Crippen LogP contribution in [0.25, 0.3) is 72.6 Å². The van der Waals surface area contributed by atoms with Crippen LogP contribution in [0.3, 0.4) is 0 Å². The van der Waals surface area contributed by atoms with Crippen molar-refractivity contribution in [2.75, 3.05) is 0 Å². The van der Waals surface area contributed by atoms with Crippen LogP contribution in [0, 0.1) is 20.8 Å². The smallest absolute Gasteiger partial charge is 0.145 e. The highest BCUT2D eigenvalue weighted by Crippen LogP contribution is 2.48. The standard InChI is InChI=1S/C59H46N2/c1-40-20-7-10-25-46(40)50-28-13-15-30-52(50)58(53-31-16-14-29-51(53)47-26-11-8-21-41(47)2)54-33-19-32-49(57(54)48-27-12-9-22-42(48)3)43-36-38-45(39-37-43)61-56-35-18-17-34-55(56)60-59(61)44-23-5-4-6-24-44/h4-39,58H,1-3H3. The third-order valence-electron chi connectivity index (χ3n) is 12.3. The van der Waals surface area contributed by atoms with E-state index in [9.17, 15) is 0 Å². The molecule has 0 bridgehead atoms. The van der Waals surface area contributed by atoms with Crippen LogP contribution in [0.15, 0.2) is 218 Å². The van der Waals surface area contributed by atoms with Gasteiger partial charge in [-0.3, -0.25) is 4.57 Å². The molecule has 2 nitrogen and oxygen atoms in total. The predicted molar refractivity (Wildman–Crippen MR) is 256 cm³/mol. The molecule has 0 N–H and O–H groups in total. The lowest BCUT2D eigenvalue weighted by atomic mass is 9.74. The number of benzene rings is 9. The van der Waals surface area contributed by atoms with Gasteiger partial charge in [-0.15, -0.1) is 0 Å². The number of hydrogen-bond donors (Lipinski definition) is 0. The van der Waals surface area contributed by atoms with Gasteiger partial charge < -0.3 is 0 Å². The Kier molecular flexibility index (Phi) is 10.0. The van der Waals surface area contributed by atoms with Gasteiger partial charge in [0.2, 0.25) is 0 Å². The van der Waals surface area contributed by atoms with E-state index in [-0.39, 0.29) is 5.92 Å². The summed E-state index contributed by atoms with van der Waals surface area (Å²) in [5.74, 6) is 0.825. The Bertz CT molecular complexity index is 3080. The molecule has 1 heterocycles. The number of aryl methyl sites for hydroxylation is 3. The average Bonchev–Trinajstić information content (AvgIpc) is 3.70. The first-order chi connectivity index (χ1) is 30.0. The van der Waals surface area contributed by atoms with Gasteiger partial charge in [0.1, 0.15) is 5.82 Å². The second-order valence-electron chi connectivity index (χ2n) is 16.0. The Morgan fingerprint density at radius 3 is 1.39 bits per heavy atom. The minimum Gasteiger partial charge on any atom is -0.292 e. The third-order valence-corrected chi connectivity index (χ3v) is 12.3. The summed E-state index contributed by atoms with van der Waals surface area (Å²) >= 11 is 0. The van der Waals surface area contributed by atoms with Crippen molar-refractivity contribution in [3.63, 3.8) is 0 Å². The molecule has 292 valence electrons. The zero-order valence-electron chi connectivity index (χ0n) is 34.8. The lowest BCUT2D eigenvalue weighted by Gasteiger charge is -2.29. The lowest BCUT2D eigenvalue weighted by molar-refractivity contribution is 0.983. The molecule has 0 unspecified atom stereocenters. The monoisotopic (exact) mass is 782 g/mol. The summed E-state index contributed by atoms with van der Waals surface area (Å²) in [7, 11) is 0. The van der Waals surface area contributed by atoms with Crippen molar-refractivity contribution in [2.45, 2.75) is 26.7 Å². The molecule has 61 heavy (non-hydrogen) atoms. The van der Waals surface area contributed by atoms with Gasteiger partial charge in [-0.2, -0.15) is 0 Å². The normalized spacial score (nSPS) is 11.3. The largest absolute Gasteiger partial charge is 0.292 e. The molecule has 10 rings (SSSR count). The summed E-state index contributed by atoms with van der Waals surface area (Å²) in [5, 5.41) is 0. The fourth-order valence-corrected chi connectivity index (χ4v) is 9.30. The van der Waals surface area contributed by atoms with Crippen LogP contribution in [0.2, 0.25) is 0 Å². The molecule has 0 saturated carbocycles. The van der Waals surface area contributed by atoms with Gasteiger partial charge in [0.05, 0.1) is 11.0 Å². The first-order valence-corrected chi connectivity index (χ1v) is 21.2. The molecule has 9 aromatic carbocycles. The summed E-state index contributed by atoms with van der Waals surface area (Å²) in [6.45, 7) is 6.69. The fourth-order valence-electron chi connectivity index (χ4n) is 9.30. The van der Waals surface area contributed by atoms with Gasteiger partial charge >= 0.3 is 0 Å². The van der Waals surface area contributed by atoms with E-state index >= 15 is 0 Å². The van der Waals surface area contributed by atoms with Crippen LogP contribution in [0.4, 0.5) is 0 Å². The molecule has 0 radical (unpaired) electrons. The number of rotatable bonds is 9. The molecule has 0 aliphatic carbocycles. The van der Waals surface area contributed by atoms with Gasteiger partial charge in [-0.25, -0.2) is 4.98 Å². The molecular weight excluding hydrogens is 737 g/mol. The van der Waals surface area contributed by atoms with Crippen LogP contribution in [-0.4, -0.2) is 9.55 Å². The second-order valence-corrected chi connectivity index (χ2v) is 16.0. The number of para-hydroxylation sites is 2. The molecule has 0 aliphatic heterocycles. The van der Waals surface area contributed by atoms with Gasteiger partial charge in [-0.1, -0.05) is 194 Å². The third kappa shape index (κ3) is 6.96. The number of imidazole rings is 1. The summed E-state index contributed by atoms with van der Waals surface area (Å²) in [6.07, 6.45) is 0. The van der Waals surface area contributed by atoms with E-state index in [1.54, 1.807) is 0 Å². The first kappa shape index (κ1) is 37.7. The maximum absolute atomic E-state index is 5.12. The van der Waals surface area contributed by atoms with Crippen LogP contribution >= 0.6 is 0 Å². The molecule has 0 aliphatic rings. The van der Waals surface area contributed by atoms with Gasteiger partial charge in [0.15, 0.2) is 0 Å². The highest BCUT2D eigenvalue weighted by Gasteiger charge is 2.28. The van der Waals surface area contributed by atoms with Crippen LogP contribution in [0.1, 0.15) is 39.3 Å². The van der Waals surface area contributed by atoms with Crippen molar-refractivity contribution in [3.05, 3.63) is 252 Å². The summed E-state index contributed by atoms with van der Waals surface area (Å²) < 4.78 is 2.29. The number of hydrogen-bond acceptors (Lipinski definition) is 1. The maximum atomic E-state index is 5.12. The summed E-state index contributed by atoms with van der Waals surface area (Å²) in [6, 6.07) is 79.4. The Labute approximate surface area is 359 Å². The molecule has 2 heteroatoms. The van der Waals surface area contributed by atoms with E-state index in [0.717, 1.165) is 33.7 Å². The van der Waals surface area contributed by atoms with Crippen molar-refractivity contribution < 1.29 is 0 Å². The minimum atomic E-state index is -0.105. The molecule has 0 amide bonds. The van der Waals surface area contributed by atoms with E-state index < -0.39 is 0 Å². The zero-order valence-corrected chi connectivity index (χ0v) is 34.8. The number of aromatic nitrogens is 2. The average molecular weight is 783 g/mol. The van der Waals surface area contributed by atoms with E-state index in [1.165, 1.54) is 72.3 Å². The van der Waals surface area contributed by atoms with Crippen molar-refractivity contribution in [1.29, 1.82) is 0 Å². The molecule has 0 spiro atoms. The SMILES string of the molecule is Cc1ccccc1-c1ccccc1C(c1ccccc1-c1ccccc1C)c1cccc(-c2ccc(-n3c(-c4ccccc4)nc4ccccc43)cc2)c1-c1ccccc1C. The highest BCUT2D eigenvalue weighted by molar-refractivity contribution is 5.90. The number of fused-ring (bicyclic) bond motifs is 1. The molecule has 0 fully saturated rings. The Balaban J connectivity index is 1.23. The number of nitrogens with zero attached hydrogens (tertiary/aromatic N) is 2. The van der Waals surface area contributed by atoms with Crippen molar-refractivity contribution in [2.24, 2.45) is 0 Å². The molecular formula is C59H46N2. The topological polar surface area (TPSA) is 17.8 Å². The highest BCUT2D eigenvalue weighted by atomic mass is 15.1. The maximum Gasteiger partial charge on any atom is 0.145 e. The van der Waals surface area contributed by atoms with Crippen molar-refractivity contribution in [3.8, 4) is 61.6 Å². The van der Waals surface area contributed by atoms with E-state index in [4.69, 9.17) is 4.98 Å². The van der Waals surface area contributed by atoms with E-state index in [2.05, 4.69) is 244 Å². The second kappa shape index (κ2) is 16.2. The zero-order chi connectivity index (χ0) is 41.3. The predicted octanol–water partition coefficient (Wildman–Crippen LogP) is 15.5. The lowest BCUT2D eigenvalue weighted by Crippen LogP contribution is -2.10. The minimum absolute atomic E-state index is 0.105. The van der Waals surface area contributed by atoms with Gasteiger partial charge in [0, 0.05) is 17.2 Å². The van der Waals surface area contributed by atoms with Crippen molar-refractivity contribution in [1.82, 2.24) is 9.55 Å². The summed E-state index contributed by atoms with van der Waals surface area (Å²) in [5.41, 5.74) is 21.6. The van der Waals surface area contributed by atoms with E-state index in [1.807, 2.05) is 0 Å². The first-order valence-electron chi connectivity index (χ1n) is 21.2. The van der Waals surface area contributed by atoms with Gasteiger partial charge in [-0.05, 0) is 123 Å². The molecule has 10 aromatic rings. The van der Waals surface area contributed by atoms with Crippen LogP contribution in [-0.2, 0) is 0 Å². The molecule has 0 saturated heterocycles. The summed E-state index contributed by atoms with van der Waals surface area (Å²) in [4.78, 5) is 5.12. The fraction of sp³-hybridized carbons (Fsp3) is 0.0678.